The summed E-state index contributed by atoms with van der Waals surface area (Å²) in [5.41, 5.74) is 0.552. The summed E-state index contributed by atoms with van der Waals surface area (Å²) in [5.74, 6) is 0.278. The molecular weight excluding hydrogens is 360 g/mol. The van der Waals surface area contributed by atoms with E-state index in [9.17, 15) is 14.3 Å². The van der Waals surface area contributed by atoms with Crippen LogP contribution in [0.4, 0.5) is 4.39 Å². The van der Waals surface area contributed by atoms with Gasteiger partial charge in [-0.25, -0.2) is 4.39 Å². The number of halogens is 2. The Morgan fingerprint density at radius 3 is 2.84 bits per heavy atom. The Morgan fingerprint density at radius 1 is 1.37 bits per heavy atom. The molecule has 0 spiro atoms. The van der Waals surface area contributed by atoms with Crippen LogP contribution in [0.1, 0.15) is 23.2 Å². The largest absolute Gasteiger partial charge is 0.393 e. The highest BCUT2D eigenvalue weighted by molar-refractivity contribution is 14.1. The second kappa shape index (κ2) is 5.01. The topological polar surface area (TPSA) is 40.5 Å². The van der Waals surface area contributed by atoms with Gasteiger partial charge in [-0.05, 0) is 59.5 Å². The van der Waals surface area contributed by atoms with Crippen molar-refractivity contribution in [1.82, 2.24) is 4.90 Å². The molecule has 0 bridgehead atoms. The average Bonchev–Trinajstić information content (AvgIpc) is 2.91. The highest BCUT2D eigenvalue weighted by Crippen LogP contribution is 2.38. The minimum atomic E-state index is -0.324. The molecule has 3 rings (SSSR count). The van der Waals surface area contributed by atoms with Gasteiger partial charge >= 0.3 is 0 Å². The molecule has 1 amide bonds. The van der Waals surface area contributed by atoms with Crippen molar-refractivity contribution in [1.29, 1.82) is 0 Å². The number of hydrogen-bond acceptors (Lipinski definition) is 2. The minimum absolute atomic E-state index is 0.0500. The third-order valence-electron chi connectivity index (χ3n) is 4.27. The van der Waals surface area contributed by atoms with Crippen LogP contribution in [0.3, 0.4) is 0 Å². The molecule has 1 aromatic carbocycles. The van der Waals surface area contributed by atoms with Crippen molar-refractivity contribution in [3.8, 4) is 0 Å². The third-order valence-corrected chi connectivity index (χ3v) is 5.16. The number of hydrogen-bond donors (Lipinski definition) is 1. The van der Waals surface area contributed by atoms with E-state index in [1.807, 2.05) is 22.6 Å². The molecule has 0 aromatic heterocycles. The summed E-state index contributed by atoms with van der Waals surface area (Å²) in [7, 11) is 0. The maximum absolute atomic E-state index is 13.1. The van der Waals surface area contributed by atoms with Gasteiger partial charge in [-0.15, -0.1) is 0 Å². The molecule has 3 nitrogen and oxygen atoms in total. The summed E-state index contributed by atoms with van der Waals surface area (Å²) < 4.78 is 13.7. The average molecular weight is 375 g/mol. The van der Waals surface area contributed by atoms with Crippen molar-refractivity contribution in [2.75, 3.05) is 13.1 Å². The third kappa shape index (κ3) is 2.38. The summed E-state index contributed by atoms with van der Waals surface area (Å²) in [6.45, 7) is 1.34. The van der Waals surface area contributed by atoms with Gasteiger partial charge in [0.2, 0.25) is 0 Å². The number of aliphatic hydroxyl groups is 1. The molecule has 0 radical (unpaired) electrons. The molecule has 1 aromatic rings. The Kier molecular flexibility index (Phi) is 3.51. The van der Waals surface area contributed by atoms with Gasteiger partial charge in [0.15, 0.2) is 0 Å². The van der Waals surface area contributed by atoms with Gasteiger partial charge in [0.05, 0.1) is 11.7 Å². The first-order valence-corrected chi connectivity index (χ1v) is 7.56. The lowest BCUT2D eigenvalue weighted by Gasteiger charge is -2.19. The number of carbonyl (C=O) groups is 1. The molecule has 1 aliphatic carbocycles. The Morgan fingerprint density at radius 2 is 2.16 bits per heavy atom. The first-order valence-electron chi connectivity index (χ1n) is 6.48. The van der Waals surface area contributed by atoms with Gasteiger partial charge in [-0.3, -0.25) is 4.79 Å². The van der Waals surface area contributed by atoms with Gasteiger partial charge in [0, 0.05) is 22.6 Å². The molecule has 102 valence electrons. The summed E-state index contributed by atoms with van der Waals surface area (Å²) in [6, 6.07) is 4.24. The molecule has 1 aliphatic heterocycles. The Bertz CT molecular complexity index is 522. The number of benzene rings is 1. The zero-order chi connectivity index (χ0) is 13.6. The van der Waals surface area contributed by atoms with Gasteiger partial charge in [0.25, 0.3) is 5.91 Å². The Balaban J connectivity index is 1.78. The van der Waals surface area contributed by atoms with Crippen LogP contribution in [-0.4, -0.2) is 35.1 Å². The molecule has 1 N–H and O–H groups in total. The number of rotatable bonds is 1. The zero-order valence-corrected chi connectivity index (χ0v) is 12.5. The Hall–Kier alpha value is -0.690. The summed E-state index contributed by atoms with van der Waals surface area (Å²) in [5, 5.41) is 9.87. The second-order valence-corrected chi connectivity index (χ2v) is 6.57. The van der Waals surface area contributed by atoms with E-state index in [2.05, 4.69) is 0 Å². The zero-order valence-electron chi connectivity index (χ0n) is 10.4. The SMILES string of the molecule is O=C(c1ccc(F)cc1I)N1CC2CCC(O)C2C1. The molecule has 2 aliphatic rings. The summed E-state index contributed by atoms with van der Waals surface area (Å²) in [4.78, 5) is 14.2. The minimum Gasteiger partial charge on any atom is -0.393 e. The Labute approximate surface area is 124 Å². The molecular formula is C14H15FINO2. The quantitative estimate of drug-likeness (QED) is 0.766. The van der Waals surface area contributed by atoms with E-state index < -0.39 is 0 Å². The summed E-state index contributed by atoms with van der Waals surface area (Å²) in [6.07, 6.45) is 1.58. The molecule has 1 heterocycles. The van der Waals surface area contributed by atoms with Crippen molar-refractivity contribution in [2.45, 2.75) is 18.9 Å². The molecule has 1 saturated heterocycles. The first kappa shape index (κ1) is 13.3. The van der Waals surface area contributed by atoms with Gasteiger partial charge in [-0.2, -0.15) is 0 Å². The van der Waals surface area contributed by atoms with Crippen LogP contribution in [0.2, 0.25) is 0 Å². The number of carbonyl (C=O) groups excluding carboxylic acids is 1. The van der Waals surface area contributed by atoms with Crippen molar-refractivity contribution in [3.63, 3.8) is 0 Å². The lowest BCUT2D eigenvalue weighted by atomic mass is 10.00. The van der Waals surface area contributed by atoms with Crippen molar-refractivity contribution in [2.24, 2.45) is 11.8 Å². The van der Waals surface area contributed by atoms with Crippen LogP contribution in [0.5, 0.6) is 0 Å². The fraction of sp³-hybridized carbons (Fsp3) is 0.500. The van der Waals surface area contributed by atoms with Crippen molar-refractivity contribution in [3.05, 3.63) is 33.1 Å². The van der Waals surface area contributed by atoms with E-state index in [0.29, 0.717) is 28.1 Å². The van der Waals surface area contributed by atoms with Crippen LogP contribution in [0, 0.1) is 21.2 Å². The van der Waals surface area contributed by atoms with E-state index in [-0.39, 0.29) is 23.7 Å². The number of nitrogens with zero attached hydrogens (tertiary/aromatic N) is 1. The van der Waals surface area contributed by atoms with Crippen LogP contribution < -0.4 is 0 Å². The normalized spacial score (nSPS) is 29.6. The maximum atomic E-state index is 13.1. The predicted octanol–water partition coefficient (Wildman–Crippen LogP) is 2.27. The van der Waals surface area contributed by atoms with Crippen LogP contribution in [-0.2, 0) is 0 Å². The highest BCUT2D eigenvalue weighted by atomic mass is 127. The van der Waals surface area contributed by atoms with E-state index in [1.54, 1.807) is 11.0 Å². The number of likely N-dealkylation sites (tertiary alicyclic amines) is 1. The van der Waals surface area contributed by atoms with Crippen LogP contribution in [0.25, 0.3) is 0 Å². The van der Waals surface area contributed by atoms with Gasteiger partial charge in [-0.1, -0.05) is 0 Å². The van der Waals surface area contributed by atoms with Crippen LogP contribution >= 0.6 is 22.6 Å². The van der Waals surface area contributed by atoms with Crippen LogP contribution in [0.15, 0.2) is 18.2 Å². The van der Waals surface area contributed by atoms with E-state index in [1.165, 1.54) is 12.1 Å². The maximum Gasteiger partial charge on any atom is 0.254 e. The lowest BCUT2D eigenvalue weighted by molar-refractivity contribution is 0.0751. The number of aliphatic hydroxyl groups excluding tert-OH is 1. The van der Waals surface area contributed by atoms with Gasteiger partial charge in [0.1, 0.15) is 5.82 Å². The van der Waals surface area contributed by atoms with E-state index >= 15 is 0 Å². The van der Waals surface area contributed by atoms with Crippen molar-refractivity contribution < 1.29 is 14.3 Å². The molecule has 3 unspecified atom stereocenters. The fourth-order valence-corrected chi connectivity index (χ4v) is 3.94. The lowest BCUT2D eigenvalue weighted by Crippen LogP contribution is -2.31. The molecule has 19 heavy (non-hydrogen) atoms. The van der Waals surface area contributed by atoms with Gasteiger partial charge < -0.3 is 10.0 Å². The molecule has 1 saturated carbocycles. The van der Waals surface area contributed by atoms with E-state index in [4.69, 9.17) is 0 Å². The fourth-order valence-electron chi connectivity index (χ4n) is 3.24. The highest BCUT2D eigenvalue weighted by Gasteiger charge is 2.43. The summed E-state index contributed by atoms with van der Waals surface area (Å²) >= 11 is 1.99. The first-order chi connectivity index (χ1) is 9.06. The number of fused-ring (bicyclic) bond motifs is 1. The monoisotopic (exact) mass is 375 g/mol. The number of amides is 1. The molecule has 2 fully saturated rings. The smallest absolute Gasteiger partial charge is 0.254 e. The predicted molar refractivity (Wildman–Crippen MR) is 77.2 cm³/mol. The van der Waals surface area contributed by atoms with E-state index in [0.717, 1.165) is 12.8 Å². The second-order valence-electron chi connectivity index (χ2n) is 5.40. The van der Waals surface area contributed by atoms with Crippen molar-refractivity contribution >= 4 is 28.5 Å². The molecule has 5 heteroatoms. The molecule has 3 atom stereocenters. The standard InChI is InChI=1S/C14H15FINO2/c15-9-2-3-10(12(16)5-9)14(19)17-6-8-1-4-13(18)11(8)7-17/h2-3,5,8,11,13,18H,1,4,6-7H2.